The third kappa shape index (κ3) is 3.14. The maximum atomic E-state index is 13.0. The highest BCUT2D eigenvalue weighted by atomic mass is 35.5. The molecule has 0 radical (unpaired) electrons. The van der Waals surface area contributed by atoms with Crippen LogP contribution in [0.3, 0.4) is 0 Å². The molecule has 3 aromatic rings. The zero-order valence-electron chi connectivity index (χ0n) is 13.5. The minimum absolute atomic E-state index is 0.139. The number of halogens is 1. The number of aliphatic imine (C=N–C) groups is 1. The lowest BCUT2D eigenvalue weighted by Gasteiger charge is -2.18. The Labute approximate surface area is 159 Å². The van der Waals surface area contributed by atoms with Gasteiger partial charge in [-0.05, 0) is 66.1 Å². The van der Waals surface area contributed by atoms with Crippen molar-refractivity contribution in [1.29, 1.82) is 0 Å². The van der Waals surface area contributed by atoms with Crippen molar-refractivity contribution in [1.82, 2.24) is 0 Å². The first kappa shape index (κ1) is 16.6. The largest absolute Gasteiger partial charge is 0.508 e. The van der Waals surface area contributed by atoms with Gasteiger partial charge < -0.3 is 5.11 Å². The van der Waals surface area contributed by atoms with E-state index in [1.165, 1.54) is 0 Å². The average molecular weight is 381 g/mol. The Bertz CT molecular complexity index is 1010. The number of anilines is 1. The van der Waals surface area contributed by atoms with Crippen molar-refractivity contribution in [2.45, 2.75) is 0 Å². The molecule has 1 aromatic heterocycles. The van der Waals surface area contributed by atoms with Gasteiger partial charge in [-0.2, -0.15) is 0 Å². The lowest BCUT2D eigenvalue weighted by atomic mass is 10.1. The smallest absolute Gasteiger partial charge is 0.282 e. The lowest BCUT2D eigenvalue weighted by Crippen LogP contribution is -2.32. The summed E-state index contributed by atoms with van der Waals surface area (Å²) in [4.78, 5) is 20.1. The van der Waals surface area contributed by atoms with Crippen LogP contribution in [0.5, 0.6) is 5.75 Å². The summed E-state index contributed by atoms with van der Waals surface area (Å²) < 4.78 is 0. The highest BCUT2D eigenvalue weighted by molar-refractivity contribution is 7.10. The molecule has 0 unspecified atom stereocenters. The summed E-state index contributed by atoms with van der Waals surface area (Å²) in [5.74, 6) is 0.453. The maximum Gasteiger partial charge on any atom is 0.282 e. The number of hydrogen-bond donors (Lipinski definition) is 1. The van der Waals surface area contributed by atoms with Gasteiger partial charge in [0.15, 0.2) is 0 Å². The van der Waals surface area contributed by atoms with E-state index < -0.39 is 0 Å². The summed E-state index contributed by atoms with van der Waals surface area (Å²) in [6, 6.07) is 17.5. The molecule has 0 saturated carbocycles. The molecule has 1 aliphatic rings. The van der Waals surface area contributed by atoms with Crippen LogP contribution in [0.2, 0.25) is 5.02 Å². The number of hydrogen-bond acceptors (Lipinski definition) is 4. The van der Waals surface area contributed by atoms with Crippen molar-refractivity contribution in [2.75, 3.05) is 4.90 Å². The number of amides is 1. The number of carbonyl (C=O) groups excluding carboxylic acids is 1. The number of phenolic OH excluding ortho intramolecular Hbond substituents is 1. The Kier molecular flexibility index (Phi) is 4.32. The Hall–Kier alpha value is -2.89. The van der Waals surface area contributed by atoms with Crippen molar-refractivity contribution in [2.24, 2.45) is 4.99 Å². The summed E-state index contributed by atoms with van der Waals surface area (Å²) >= 11 is 7.53. The zero-order valence-corrected chi connectivity index (χ0v) is 15.0. The van der Waals surface area contributed by atoms with Gasteiger partial charge in [-0.1, -0.05) is 17.7 Å². The molecule has 4 rings (SSSR count). The van der Waals surface area contributed by atoms with Crippen molar-refractivity contribution >= 4 is 46.4 Å². The molecular weight excluding hydrogens is 368 g/mol. The fourth-order valence-corrected chi connectivity index (χ4v) is 3.44. The van der Waals surface area contributed by atoms with Gasteiger partial charge in [0.2, 0.25) is 0 Å². The number of thiophene rings is 1. The first-order chi connectivity index (χ1) is 12.6. The Morgan fingerprint density at radius 1 is 1.04 bits per heavy atom. The number of phenols is 1. The van der Waals surface area contributed by atoms with Crippen molar-refractivity contribution in [3.63, 3.8) is 0 Å². The van der Waals surface area contributed by atoms with Gasteiger partial charge in [0, 0.05) is 15.5 Å². The van der Waals surface area contributed by atoms with Gasteiger partial charge in [0.1, 0.15) is 17.3 Å². The molecule has 4 nitrogen and oxygen atoms in total. The zero-order chi connectivity index (χ0) is 18.1. The molecule has 128 valence electrons. The molecule has 26 heavy (non-hydrogen) atoms. The molecule has 0 spiro atoms. The fourth-order valence-electron chi connectivity index (χ4n) is 2.66. The standard InChI is InChI=1S/C20H13ClN2O2S/c21-14-5-3-13(4-6-14)19-22-18(12-17-2-1-11-26-17)20(25)23(19)15-7-9-16(24)10-8-15/h1-12,24H/b18-12+. The van der Waals surface area contributed by atoms with E-state index in [1.54, 1.807) is 58.7 Å². The van der Waals surface area contributed by atoms with Crippen LogP contribution in [0.25, 0.3) is 6.08 Å². The molecule has 1 N–H and O–H groups in total. The minimum atomic E-state index is -0.214. The van der Waals surface area contributed by atoms with E-state index in [2.05, 4.69) is 4.99 Å². The molecule has 2 aromatic carbocycles. The van der Waals surface area contributed by atoms with Crippen LogP contribution in [-0.2, 0) is 4.79 Å². The number of carbonyl (C=O) groups is 1. The molecule has 6 heteroatoms. The predicted octanol–water partition coefficient (Wildman–Crippen LogP) is 4.94. The molecule has 1 amide bonds. The topological polar surface area (TPSA) is 52.9 Å². The second-order valence-corrected chi connectivity index (χ2v) is 7.06. The Morgan fingerprint density at radius 2 is 1.77 bits per heavy atom. The maximum absolute atomic E-state index is 13.0. The number of benzene rings is 2. The molecule has 1 aliphatic heterocycles. The van der Waals surface area contributed by atoms with Crippen LogP contribution < -0.4 is 4.90 Å². The highest BCUT2D eigenvalue weighted by Gasteiger charge is 2.32. The molecule has 0 saturated heterocycles. The summed E-state index contributed by atoms with van der Waals surface area (Å²) in [7, 11) is 0. The molecular formula is C20H13ClN2O2S. The van der Waals surface area contributed by atoms with E-state index in [-0.39, 0.29) is 11.7 Å². The van der Waals surface area contributed by atoms with E-state index in [4.69, 9.17) is 11.6 Å². The van der Waals surface area contributed by atoms with Crippen molar-refractivity contribution in [3.05, 3.63) is 87.2 Å². The fraction of sp³-hybridized carbons (Fsp3) is 0. The second kappa shape index (κ2) is 6.78. The summed E-state index contributed by atoms with van der Waals surface area (Å²) in [5.41, 5.74) is 1.78. The normalized spacial score (nSPS) is 15.6. The van der Waals surface area contributed by atoms with Crippen LogP contribution in [-0.4, -0.2) is 16.8 Å². The minimum Gasteiger partial charge on any atom is -0.508 e. The van der Waals surface area contributed by atoms with E-state index in [0.29, 0.717) is 22.2 Å². The summed E-state index contributed by atoms with van der Waals surface area (Å²) in [6.07, 6.45) is 1.78. The molecule has 0 atom stereocenters. The molecule has 2 heterocycles. The molecule has 0 aliphatic carbocycles. The quantitative estimate of drug-likeness (QED) is 0.654. The first-order valence-electron chi connectivity index (χ1n) is 7.85. The highest BCUT2D eigenvalue weighted by Crippen LogP contribution is 2.29. The van der Waals surface area contributed by atoms with Crippen molar-refractivity contribution in [3.8, 4) is 5.75 Å². The van der Waals surface area contributed by atoms with Gasteiger partial charge in [-0.3, -0.25) is 9.69 Å². The number of amidine groups is 1. The van der Waals surface area contributed by atoms with Crippen LogP contribution in [0, 0.1) is 0 Å². The molecule has 0 fully saturated rings. The average Bonchev–Trinajstić information content (AvgIpc) is 3.26. The number of rotatable bonds is 3. The van der Waals surface area contributed by atoms with E-state index >= 15 is 0 Å². The third-order valence-electron chi connectivity index (χ3n) is 3.89. The van der Waals surface area contributed by atoms with Crippen LogP contribution >= 0.6 is 22.9 Å². The van der Waals surface area contributed by atoms with Gasteiger partial charge in [-0.15, -0.1) is 11.3 Å². The SMILES string of the molecule is O=C1/C(=C\c2cccs2)N=C(c2ccc(Cl)cc2)N1c1ccc(O)cc1. The summed E-state index contributed by atoms with van der Waals surface area (Å²) in [5, 5.41) is 12.1. The first-order valence-corrected chi connectivity index (χ1v) is 9.11. The summed E-state index contributed by atoms with van der Waals surface area (Å²) in [6.45, 7) is 0. The van der Waals surface area contributed by atoms with Gasteiger partial charge in [-0.25, -0.2) is 4.99 Å². The van der Waals surface area contributed by atoms with Gasteiger partial charge in [0.25, 0.3) is 5.91 Å². The van der Waals surface area contributed by atoms with Crippen LogP contribution in [0.1, 0.15) is 10.4 Å². The Balaban J connectivity index is 1.82. The Morgan fingerprint density at radius 3 is 2.42 bits per heavy atom. The van der Waals surface area contributed by atoms with Crippen LogP contribution in [0.4, 0.5) is 5.69 Å². The monoisotopic (exact) mass is 380 g/mol. The predicted molar refractivity (Wildman–Crippen MR) is 106 cm³/mol. The second-order valence-electron chi connectivity index (χ2n) is 5.64. The number of nitrogens with zero attached hydrogens (tertiary/aromatic N) is 2. The lowest BCUT2D eigenvalue weighted by molar-refractivity contribution is -0.113. The third-order valence-corrected chi connectivity index (χ3v) is 4.96. The number of aromatic hydroxyl groups is 1. The van der Waals surface area contributed by atoms with E-state index in [9.17, 15) is 9.90 Å². The van der Waals surface area contributed by atoms with E-state index in [0.717, 1.165) is 10.4 Å². The van der Waals surface area contributed by atoms with Gasteiger partial charge >= 0.3 is 0 Å². The van der Waals surface area contributed by atoms with Crippen molar-refractivity contribution < 1.29 is 9.90 Å². The molecule has 0 bridgehead atoms. The van der Waals surface area contributed by atoms with E-state index in [1.807, 2.05) is 29.6 Å². The van der Waals surface area contributed by atoms with Gasteiger partial charge in [0.05, 0.1) is 5.69 Å². The van der Waals surface area contributed by atoms with Crippen LogP contribution in [0.15, 0.2) is 76.7 Å².